The van der Waals surface area contributed by atoms with Crippen LogP contribution in [0.1, 0.15) is 43.2 Å². The van der Waals surface area contributed by atoms with Crippen molar-refractivity contribution in [2.45, 2.75) is 49.6 Å². The molecule has 0 radical (unpaired) electrons. The number of nitrogens with zero attached hydrogens (tertiary/aromatic N) is 5. The first-order valence-corrected chi connectivity index (χ1v) is 9.53. The van der Waals surface area contributed by atoms with E-state index in [-0.39, 0.29) is 5.25 Å². The maximum Gasteiger partial charge on any atom is 0.257 e. The number of thioether (sulfide) groups is 1. The van der Waals surface area contributed by atoms with Crippen LogP contribution in [0.4, 0.5) is 0 Å². The van der Waals surface area contributed by atoms with Crippen LogP contribution < -0.4 is 0 Å². The van der Waals surface area contributed by atoms with Crippen molar-refractivity contribution in [2.24, 2.45) is 0 Å². The monoisotopic (exact) mass is 347 g/mol. The number of aromatic nitrogens is 5. The molecule has 0 spiro atoms. The molecular formula is C15H17N5OS2. The Kier molecular flexibility index (Phi) is 4.17. The van der Waals surface area contributed by atoms with Gasteiger partial charge in [-0.2, -0.15) is 0 Å². The van der Waals surface area contributed by atoms with Gasteiger partial charge in [0.25, 0.3) is 5.89 Å². The fourth-order valence-corrected chi connectivity index (χ4v) is 4.22. The Morgan fingerprint density at radius 2 is 2.17 bits per heavy atom. The summed E-state index contributed by atoms with van der Waals surface area (Å²) in [6.45, 7) is 3.07. The Bertz CT molecular complexity index is 780. The number of rotatable bonds is 4. The molecule has 1 aliphatic rings. The summed E-state index contributed by atoms with van der Waals surface area (Å²) in [4.78, 5) is 0.997. The van der Waals surface area contributed by atoms with Gasteiger partial charge in [-0.15, -0.1) is 31.7 Å². The van der Waals surface area contributed by atoms with E-state index in [0.717, 1.165) is 28.8 Å². The zero-order valence-electron chi connectivity index (χ0n) is 12.8. The summed E-state index contributed by atoms with van der Waals surface area (Å²) in [7, 11) is 0. The lowest BCUT2D eigenvalue weighted by molar-refractivity contribution is 0.509. The fourth-order valence-electron chi connectivity index (χ4n) is 2.65. The summed E-state index contributed by atoms with van der Waals surface area (Å²) >= 11 is 3.23. The third-order valence-electron chi connectivity index (χ3n) is 3.88. The second kappa shape index (κ2) is 6.45. The van der Waals surface area contributed by atoms with Gasteiger partial charge < -0.3 is 8.98 Å². The predicted octanol–water partition coefficient (Wildman–Crippen LogP) is 3.97. The highest BCUT2D eigenvalue weighted by Gasteiger charge is 2.21. The van der Waals surface area contributed by atoms with E-state index in [1.807, 2.05) is 17.5 Å². The summed E-state index contributed by atoms with van der Waals surface area (Å²) in [6.07, 6.45) is 4.67. The smallest absolute Gasteiger partial charge is 0.257 e. The molecule has 0 saturated carbocycles. The highest BCUT2D eigenvalue weighted by atomic mass is 32.2. The lowest BCUT2D eigenvalue weighted by Crippen LogP contribution is -2.03. The highest BCUT2D eigenvalue weighted by molar-refractivity contribution is 7.99. The Hall–Kier alpha value is -1.67. The molecule has 23 heavy (non-hydrogen) atoms. The van der Waals surface area contributed by atoms with Crippen LogP contribution in [0.15, 0.2) is 27.1 Å². The molecule has 1 aliphatic heterocycles. The molecule has 0 aliphatic carbocycles. The summed E-state index contributed by atoms with van der Waals surface area (Å²) in [5.74, 6) is 2.31. The molecule has 0 fully saturated rings. The quantitative estimate of drug-likeness (QED) is 0.665. The van der Waals surface area contributed by atoms with Crippen molar-refractivity contribution >= 4 is 23.1 Å². The number of fused-ring (bicyclic) bond motifs is 1. The molecule has 8 heteroatoms. The molecule has 0 aromatic carbocycles. The molecule has 0 amide bonds. The third kappa shape index (κ3) is 3.05. The molecule has 4 heterocycles. The van der Waals surface area contributed by atoms with Crippen LogP contribution >= 0.6 is 23.1 Å². The van der Waals surface area contributed by atoms with Crippen LogP contribution in [0.5, 0.6) is 0 Å². The van der Waals surface area contributed by atoms with Gasteiger partial charge in [0, 0.05) is 13.0 Å². The van der Waals surface area contributed by atoms with Gasteiger partial charge in [0.15, 0.2) is 5.16 Å². The van der Waals surface area contributed by atoms with Crippen molar-refractivity contribution in [3.05, 3.63) is 29.2 Å². The summed E-state index contributed by atoms with van der Waals surface area (Å²) in [5, 5.41) is 20.0. The zero-order valence-corrected chi connectivity index (χ0v) is 14.4. The second-order valence-corrected chi connectivity index (χ2v) is 7.80. The molecule has 0 N–H and O–H groups in total. The van der Waals surface area contributed by atoms with Crippen LogP contribution in [-0.2, 0) is 13.0 Å². The minimum atomic E-state index is 0.0489. The largest absolute Gasteiger partial charge is 0.419 e. The van der Waals surface area contributed by atoms with Gasteiger partial charge in [-0.05, 0) is 31.2 Å². The molecule has 0 bridgehead atoms. The van der Waals surface area contributed by atoms with Crippen molar-refractivity contribution in [3.63, 3.8) is 0 Å². The first-order valence-electron chi connectivity index (χ1n) is 7.77. The minimum Gasteiger partial charge on any atom is -0.419 e. The van der Waals surface area contributed by atoms with Crippen LogP contribution in [0, 0.1) is 0 Å². The van der Waals surface area contributed by atoms with E-state index < -0.39 is 0 Å². The third-order valence-corrected chi connectivity index (χ3v) is 5.80. The van der Waals surface area contributed by atoms with E-state index in [1.54, 1.807) is 23.1 Å². The maximum absolute atomic E-state index is 5.82. The van der Waals surface area contributed by atoms with Crippen molar-refractivity contribution < 1.29 is 4.42 Å². The Morgan fingerprint density at radius 3 is 3.04 bits per heavy atom. The molecule has 0 unspecified atom stereocenters. The normalized spacial score (nSPS) is 16.0. The first kappa shape index (κ1) is 14.9. The van der Waals surface area contributed by atoms with E-state index in [4.69, 9.17) is 4.42 Å². The molecule has 120 valence electrons. The Labute approximate surface area is 142 Å². The molecular weight excluding hydrogens is 330 g/mol. The van der Waals surface area contributed by atoms with Crippen LogP contribution in [0.2, 0.25) is 0 Å². The van der Waals surface area contributed by atoms with E-state index in [2.05, 4.69) is 31.9 Å². The fraction of sp³-hybridized carbons (Fsp3) is 0.467. The van der Waals surface area contributed by atoms with Crippen LogP contribution in [0.3, 0.4) is 0 Å². The molecule has 3 aromatic heterocycles. The zero-order chi connectivity index (χ0) is 15.6. The van der Waals surface area contributed by atoms with Gasteiger partial charge in [-0.3, -0.25) is 0 Å². The highest BCUT2D eigenvalue weighted by Crippen LogP contribution is 2.35. The predicted molar refractivity (Wildman–Crippen MR) is 89.5 cm³/mol. The molecule has 6 nitrogen and oxygen atoms in total. The molecule has 4 rings (SSSR count). The Balaban J connectivity index is 1.52. The minimum absolute atomic E-state index is 0.0489. The van der Waals surface area contributed by atoms with Gasteiger partial charge in [0.05, 0.1) is 10.1 Å². The van der Waals surface area contributed by atoms with E-state index in [1.165, 1.54) is 19.3 Å². The van der Waals surface area contributed by atoms with Gasteiger partial charge in [-0.1, -0.05) is 24.2 Å². The first-order chi connectivity index (χ1) is 11.3. The van der Waals surface area contributed by atoms with Gasteiger partial charge in [0.2, 0.25) is 5.89 Å². The second-order valence-electron chi connectivity index (χ2n) is 5.54. The molecule has 0 saturated heterocycles. The number of hydrogen-bond acceptors (Lipinski definition) is 7. The number of hydrogen-bond donors (Lipinski definition) is 0. The standard InChI is InChI=1S/C15H17N5OS2/c1-10(13-17-18-14(21-13)11-6-5-9-22-11)23-15-19-16-12-7-3-2-4-8-20(12)15/h5-6,9-10H,2-4,7-8H2,1H3/t10-/m1/s1. The van der Waals surface area contributed by atoms with Gasteiger partial charge >= 0.3 is 0 Å². The van der Waals surface area contributed by atoms with E-state index >= 15 is 0 Å². The average molecular weight is 347 g/mol. The van der Waals surface area contributed by atoms with E-state index in [0.29, 0.717) is 11.8 Å². The average Bonchev–Trinajstić information content (AvgIpc) is 3.26. The topological polar surface area (TPSA) is 69.6 Å². The Morgan fingerprint density at radius 1 is 1.22 bits per heavy atom. The number of thiophene rings is 1. The summed E-state index contributed by atoms with van der Waals surface area (Å²) in [5.41, 5.74) is 0. The lowest BCUT2D eigenvalue weighted by atomic mass is 10.2. The lowest BCUT2D eigenvalue weighted by Gasteiger charge is -2.08. The molecule has 1 atom stereocenters. The maximum atomic E-state index is 5.82. The van der Waals surface area contributed by atoms with Crippen molar-refractivity contribution in [1.29, 1.82) is 0 Å². The van der Waals surface area contributed by atoms with Crippen molar-refractivity contribution in [2.75, 3.05) is 0 Å². The molecule has 3 aromatic rings. The van der Waals surface area contributed by atoms with Crippen molar-refractivity contribution in [1.82, 2.24) is 25.0 Å². The van der Waals surface area contributed by atoms with Gasteiger partial charge in [0.1, 0.15) is 5.82 Å². The summed E-state index contributed by atoms with van der Waals surface area (Å²) in [6, 6.07) is 3.96. The van der Waals surface area contributed by atoms with E-state index in [9.17, 15) is 0 Å². The van der Waals surface area contributed by atoms with Crippen LogP contribution in [0.25, 0.3) is 10.8 Å². The van der Waals surface area contributed by atoms with Crippen LogP contribution in [-0.4, -0.2) is 25.0 Å². The summed E-state index contributed by atoms with van der Waals surface area (Å²) < 4.78 is 8.06. The van der Waals surface area contributed by atoms with Crippen molar-refractivity contribution in [3.8, 4) is 10.8 Å². The number of aryl methyl sites for hydroxylation is 1. The van der Waals surface area contributed by atoms with Gasteiger partial charge in [-0.25, -0.2) is 0 Å². The SMILES string of the molecule is C[C@@H](Sc1nnc2n1CCCCC2)c1nnc(-c2cccs2)o1.